The highest BCUT2D eigenvalue weighted by Gasteiger charge is 2.38. The fourth-order valence-corrected chi connectivity index (χ4v) is 2.63. The van der Waals surface area contributed by atoms with E-state index in [1.807, 2.05) is 42.5 Å². The number of hydrogen-bond donors (Lipinski definition) is 0. The Labute approximate surface area is 121 Å². The first-order valence-electron chi connectivity index (χ1n) is 7.04. The van der Waals surface area contributed by atoms with E-state index >= 15 is 0 Å². The second-order valence-electron chi connectivity index (χ2n) is 5.87. The van der Waals surface area contributed by atoms with E-state index in [1.165, 1.54) is 0 Å². The Hall–Kier alpha value is -1.83. The Morgan fingerprint density at radius 2 is 1.85 bits per heavy atom. The van der Waals surface area contributed by atoms with Crippen LogP contribution < -0.4 is 0 Å². The number of hydrogen-bond acceptors (Lipinski definition) is 2. The number of ether oxygens (including phenoxy) is 1. The molecule has 0 radical (unpaired) electrons. The van der Waals surface area contributed by atoms with Crippen molar-refractivity contribution in [2.24, 2.45) is 11.3 Å². The van der Waals surface area contributed by atoms with E-state index < -0.39 is 0 Å². The van der Waals surface area contributed by atoms with Crippen molar-refractivity contribution in [2.45, 2.75) is 27.2 Å². The van der Waals surface area contributed by atoms with Crippen molar-refractivity contribution in [3.63, 3.8) is 0 Å². The summed E-state index contributed by atoms with van der Waals surface area (Å²) in [5.41, 5.74) is 1.48. The van der Waals surface area contributed by atoms with Gasteiger partial charge in [-0.25, -0.2) is 0 Å². The van der Waals surface area contributed by atoms with Crippen LogP contribution in [0.3, 0.4) is 0 Å². The Balaban J connectivity index is 2.34. The van der Waals surface area contributed by atoms with E-state index in [0.717, 1.165) is 23.3 Å². The standard InChI is InChI=1S/C18H22O2/c1-13(2)18(3)12-15(10-11-16(18)20-4)17(19)14-8-6-5-7-9-14/h5-11,13H,12H2,1-4H3. The molecular weight excluding hydrogens is 248 g/mol. The van der Waals surface area contributed by atoms with Crippen LogP contribution in [-0.2, 0) is 4.74 Å². The van der Waals surface area contributed by atoms with Crippen LogP contribution in [0.2, 0.25) is 0 Å². The highest BCUT2D eigenvalue weighted by molar-refractivity contribution is 6.09. The molecule has 1 aromatic carbocycles. The molecule has 0 aliphatic heterocycles. The highest BCUT2D eigenvalue weighted by Crippen LogP contribution is 2.44. The number of benzene rings is 1. The third kappa shape index (κ3) is 2.55. The fraction of sp³-hybridized carbons (Fsp3) is 0.389. The molecule has 0 N–H and O–H groups in total. The fourth-order valence-electron chi connectivity index (χ4n) is 2.63. The molecule has 0 saturated carbocycles. The predicted molar refractivity (Wildman–Crippen MR) is 81.5 cm³/mol. The minimum Gasteiger partial charge on any atom is -0.501 e. The van der Waals surface area contributed by atoms with Crippen molar-refractivity contribution in [2.75, 3.05) is 7.11 Å². The summed E-state index contributed by atoms with van der Waals surface area (Å²) in [6.07, 6.45) is 4.57. The van der Waals surface area contributed by atoms with Crippen molar-refractivity contribution in [1.29, 1.82) is 0 Å². The molecule has 0 fully saturated rings. The minimum absolute atomic E-state index is 0.115. The van der Waals surface area contributed by atoms with Crippen molar-refractivity contribution in [1.82, 2.24) is 0 Å². The van der Waals surface area contributed by atoms with Gasteiger partial charge < -0.3 is 4.74 Å². The van der Waals surface area contributed by atoms with Gasteiger partial charge in [-0.3, -0.25) is 4.79 Å². The lowest BCUT2D eigenvalue weighted by molar-refractivity contribution is 0.0985. The summed E-state index contributed by atoms with van der Waals surface area (Å²) in [6, 6.07) is 9.45. The van der Waals surface area contributed by atoms with Gasteiger partial charge in [-0.15, -0.1) is 0 Å². The Morgan fingerprint density at radius 3 is 2.40 bits per heavy atom. The summed E-state index contributed by atoms with van der Waals surface area (Å²) in [5, 5.41) is 0. The molecule has 2 nitrogen and oxygen atoms in total. The van der Waals surface area contributed by atoms with Gasteiger partial charge in [0.25, 0.3) is 0 Å². The summed E-state index contributed by atoms with van der Waals surface area (Å²) >= 11 is 0. The Morgan fingerprint density at radius 1 is 1.20 bits per heavy atom. The normalized spacial score (nSPS) is 22.2. The van der Waals surface area contributed by atoms with Crippen molar-refractivity contribution in [3.05, 3.63) is 59.4 Å². The number of methoxy groups -OCH3 is 1. The maximum Gasteiger partial charge on any atom is 0.189 e. The van der Waals surface area contributed by atoms with E-state index in [0.29, 0.717) is 5.92 Å². The smallest absolute Gasteiger partial charge is 0.189 e. The average Bonchev–Trinajstić information content (AvgIpc) is 2.47. The molecule has 106 valence electrons. The molecule has 2 heteroatoms. The summed E-state index contributed by atoms with van der Waals surface area (Å²) in [5.74, 6) is 1.47. The van der Waals surface area contributed by atoms with Crippen LogP contribution in [0, 0.1) is 11.3 Å². The van der Waals surface area contributed by atoms with Gasteiger partial charge in [0.05, 0.1) is 7.11 Å². The van der Waals surface area contributed by atoms with Crippen LogP contribution in [-0.4, -0.2) is 12.9 Å². The number of allylic oxidation sites excluding steroid dienone is 4. The van der Waals surface area contributed by atoms with E-state index in [9.17, 15) is 4.79 Å². The SMILES string of the molecule is COC1=CC=C(C(=O)c2ccccc2)CC1(C)C(C)C. The molecule has 1 atom stereocenters. The van der Waals surface area contributed by atoms with Crippen molar-refractivity contribution >= 4 is 5.78 Å². The second kappa shape index (κ2) is 5.66. The van der Waals surface area contributed by atoms with Gasteiger partial charge in [-0.2, -0.15) is 0 Å². The van der Waals surface area contributed by atoms with Crippen LogP contribution in [0.5, 0.6) is 0 Å². The van der Waals surface area contributed by atoms with Gasteiger partial charge in [-0.05, 0) is 18.4 Å². The molecule has 0 bridgehead atoms. The van der Waals surface area contributed by atoms with Gasteiger partial charge >= 0.3 is 0 Å². The van der Waals surface area contributed by atoms with Crippen LogP contribution in [0.15, 0.2) is 53.8 Å². The molecule has 1 unspecified atom stereocenters. The zero-order valence-corrected chi connectivity index (χ0v) is 12.6. The lowest BCUT2D eigenvalue weighted by Crippen LogP contribution is -2.31. The third-order valence-electron chi connectivity index (χ3n) is 4.38. The number of carbonyl (C=O) groups is 1. The van der Waals surface area contributed by atoms with E-state index in [2.05, 4.69) is 20.8 Å². The van der Waals surface area contributed by atoms with Gasteiger partial charge in [0.2, 0.25) is 0 Å². The first-order chi connectivity index (χ1) is 9.49. The molecule has 0 spiro atoms. The Bertz CT molecular complexity index is 552. The molecule has 1 aromatic rings. The second-order valence-corrected chi connectivity index (χ2v) is 5.87. The molecule has 2 rings (SSSR count). The number of Topliss-reactive ketones (excluding diaryl/α,β-unsaturated/α-hetero) is 1. The number of rotatable bonds is 4. The number of carbonyl (C=O) groups excluding carboxylic acids is 1. The van der Waals surface area contributed by atoms with Crippen LogP contribution >= 0.6 is 0 Å². The van der Waals surface area contributed by atoms with E-state index in [1.54, 1.807) is 7.11 Å². The van der Waals surface area contributed by atoms with Gasteiger partial charge in [0, 0.05) is 16.6 Å². The lowest BCUT2D eigenvalue weighted by Gasteiger charge is -2.37. The molecule has 1 aliphatic rings. The quantitative estimate of drug-likeness (QED) is 0.758. The zero-order valence-electron chi connectivity index (χ0n) is 12.6. The number of ketones is 1. The molecule has 1 aliphatic carbocycles. The molecule has 0 amide bonds. The summed E-state index contributed by atoms with van der Waals surface area (Å²) < 4.78 is 5.51. The van der Waals surface area contributed by atoms with Gasteiger partial charge in [0.1, 0.15) is 5.76 Å². The molecule has 0 aromatic heterocycles. The first kappa shape index (κ1) is 14.6. The summed E-state index contributed by atoms with van der Waals surface area (Å²) in [7, 11) is 1.70. The van der Waals surface area contributed by atoms with Gasteiger partial charge in [-0.1, -0.05) is 57.2 Å². The third-order valence-corrected chi connectivity index (χ3v) is 4.38. The highest BCUT2D eigenvalue weighted by atomic mass is 16.5. The molecule has 20 heavy (non-hydrogen) atoms. The summed E-state index contributed by atoms with van der Waals surface area (Å²) in [6.45, 7) is 6.50. The maximum atomic E-state index is 12.6. The van der Waals surface area contributed by atoms with Crippen LogP contribution in [0.1, 0.15) is 37.6 Å². The monoisotopic (exact) mass is 270 g/mol. The predicted octanol–water partition coefficient (Wildman–Crippen LogP) is 4.39. The topological polar surface area (TPSA) is 26.3 Å². The largest absolute Gasteiger partial charge is 0.501 e. The lowest BCUT2D eigenvalue weighted by atomic mass is 9.69. The Kier molecular flexibility index (Phi) is 4.12. The van der Waals surface area contributed by atoms with Crippen LogP contribution in [0.4, 0.5) is 0 Å². The zero-order chi connectivity index (χ0) is 14.8. The average molecular weight is 270 g/mol. The molecule has 0 saturated heterocycles. The minimum atomic E-state index is -0.122. The van der Waals surface area contributed by atoms with Crippen LogP contribution in [0.25, 0.3) is 0 Å². The maximum absolute atomic E-state index is 12.6. The summed E-state index contributed by atoms with van der Waals surface area (Å²) in [4.78, 5) is 12.6. The molecular formula is C18H22O2. The molecule has 0 heterocycles. The van der Waals surface area contributed by atoms with E-state index in [-0.39, 0.29) is 11.2 Å². The van der Waals surface area contributed by atoms with Crippen molar-refractivity contribution in [3.8, 4) is 0 Å². The van der Waals surface area contributed by atoms with Gasteiger partial charge in [0.15, 0.2) is 5.78 Å². The first-order valence-corrected chi connectivity index (χ1v) is 7.04. The van der Waals surface area contributed by atoms with Crippen molar-refractivity contribution < 1.29 is 9.53 Å². The van der Waals surface area contributed by atoms with E-state index in [4.69, 9.17) is 4.74 Å².